The van der Waals surface area contributed by atoms with E-state index in [2.05, 4.69) is 9.97 Å². The fourth-order valence-corrected chi connectivity index (χ4v) is 4.03. The van der Waals surface area contributed by atoms with Crippen molar-refractivity contribution in [2.45, 2.75) is 0 Å². The molecule has 4 rings (SSSR count). The van der Waals surface area contributed by atoms with Crippen molar-refractivity contribution < 1.29 is 13.2 Å². The summed E-state index contributed by atoms with van der Waals surface area (Å²) in [5.41, 5.74) is 2.72. The van der Waals surface area contributed by atoms with Gasteiger partial charge in [-0.2, -0.15) is 4.31 Å². The van der Waals surface area contributed by atoms with Gasteiger partial charge in [-0.25, -0.2) is 18.4 Å². The smallest absolute Gasteiger partial charge is 0.255 e. The van der Waals surface area contributed by atoms with Crippen LogP contribution in [0.5, 0.6) is 0 Å². The van der Waals surface area contributed by atoms with Gasteiger partial charge in [-0.3, -0.25) is 9.36 Å². The predicted molar refractivity (Wildman–Crippen MR) is 101 cm³/mol. The summed E-state index contributed by atoms with van der Waals surface area (Å²) in [4.78, 5) is 23.2. The zero-order chi connectivity index (χ0) is 19.0. The number of hydrogen-bond donors (Lipinski definition) is 0. The molecule has 1 aliphatic heterocycles. The number of aromatic nitrogens is 3. The molecule has 140 valence electrons. The van der Waals surface area contributed by atoms with Crippen molar-refractivity contribution in [3.63, 3.8) is 0 Å². The van der Waals surface area contributed by atoms with Crippen molar-refractivity contribution in [3.05, 3.63) is 54.5 Å². The van der Waals surface area contributed by atoms with Crippen molar-refractivity contribution in [2.75, 3.05) is 32.4 Å². The van der Waals surface area contributed by atoms with Crippen LogP contribution in [0, 0.1) is 0 Å². The van der Waals surface area contributed by atoms with Gasteiger partial charge in [0, 0.05) is 38.1 Å². The number of carbonyl (C=O) groups excluding carboxylic acids is 1. The van der Waals surface area contributed by atoms with Crippen molar-refractivity contribution >= 4 is 27.1 Å². The van der Waals surface area contributed by atoms with Crippen LogP contribution in [-0.2, 0) is 10.0 Å². The lowest BCUT2D eigenvalue weighted by atomic mass is 10.2. The first kappa shape index (κ1) is 17.6. The highest BCUT2D eigenvalue weighted by molar-refractivity contribution is 7.88. The molecule has 27 heavy (non-hydrogen) atoms. The average Bonchev–Trinajstić information content (AvgIpc) is 3.11. The SMILES string of the molecule is CS(=O)(=O)N1CCN(C(=O)c2cnc3c(c2)ncn3-c2ccccc2)CC1. The van der Waals surface area contributed by atoms with Crippen LogP contribution >= 0.6 is 0 Å². The van der Waals surface area contributed by atoms with E-state index in [1.54, 1.807) is 23.5 Å². The molecule has 0 radical (unpaired) electrons. The Kier molecular flexibility index (Phi) is 4.40. The average molecular weight is 385 g/mol. The molecule has 8 nitrogen and oxygen atoms in total. The van der Waals surface area contributed by atoms with Gasteiger partial charge >= 0.3 is 0 Å². The van der Waals surface area contributed by atoms with E-state index in [0.717, 1.165) is 5.69 Å². The van der Waals surface area contributed by atoms with Crippen molar-refractivity contribution in [1.29, 1.82) is 0 Å². The van der Waals surface area contributed by atoms with Gasteiger partial charge in [0.05, 0.1) is 11.8 Å². The molecule has 0 spiro atoms. The first-order valence-corrected chi connectivity index (χ1v) is 10.4. The molecule has 0 unspecified atom stereocenters. The van der Waals surface area contributed by atoms with Crippen LogP contribution in [0.1, 0.15) is 10.4 Å². The number of sulfonamides is 1. The van der Waals surface area contributed by atoms with Gasteiger partial charge in [-0.05, 0) is 18.2 Å². The molecule has 3 aromatic rings. The van der Waals surface area contributed by atoms with Crippen LogP contribution < -0.4 is 0 Å². The summed E-state index contributed by atoms with van der Waals surface area (Å²) >= 11 is 0. The summed E-state index contributed by atoms with van der Waals surface area (Å²) in [5.74, 6) is -0.160. The Morgan fingerprint density at radius 3 is 2.41 bits per heavy atom. The third-order valence-electron chi connectivity index (χ3n) is 4.66. The lowest BCUT2D eigenvalue weighted by Crippen LogP contribution is -2.50. The van der Waals surface area contributed by atoms with E-state index in [1.807, 2.05) is 34.9 Å². The van der Waals surface area contributed by atoms with Crippen LogP contribution in [0.2, 0.25) is 0 Å². The predicted octanol–water partition coefficient (Wildman–Crippen LogP) is 1.14. The normalized spacial score (nSPS) is 16.0. The Labute approximate surface area is 157 Å². The highest BCUT2D eigenvalue weighted by Crippen LogP contribution is 2.18. The molecule has 1 aliphatic rings. The Morgan fingerprint density at radius 1 is 1.04 bits per heavy atom. The van der Waals surface area contributed by atoms with E-state index in [4.69, 9.17) is 0 Å². The maximum Gasteiger partial charge on any atom is 0.255 e. The minimum Gasteiger partial charge on any atom is -0.336 e. The lowest BCUT2D eigenvalue weighted by Gasteiger charge is -2.33. The van der Waals surface area contributed by atoms with Crippen molar-refractivity contribution in [3.8, 4) is 5.69 Å². The first-order valence-electron chi connectivity index (χ1n) is 8.56. The number of benzene rings is 1. The number of para-hydroxylation sites is 1. The van der Waals surface area contributed by atoms with Gasteiger partial charge in [0.1, 0.15) is 11.8 Å². The maximum absolute atomic E-state index is 12.8. The van der Waals surface area contributed by atoms with Gasteiger partial charge in [0.15, 0.2) is 5.65 Å². The van der Waals surface area contributed by atoms with Gasteiger partial charge in [0.25, 0.3) is 5.91 Å². The molecule has 9 heteroatoms. The number of carbonyl (C=O) groups is 1. The standard InChI is InChI=1S/C18H19N5O3S/c1-27(25,26)22-9-7-21(8-10-22)18(24)14-11-16-17(19-12-14)23(13-20-16)15-5-3-2-4-6-15/h2-6,11-13H,7-10H2,1H3. The fraction of sp³-hybridized carbons (Fsp3) is 0.278. The molecule has 0 aliphatic carbocycles. The minimum atomic E-state index is -3.22. The number of nitrogens with zero attached hydrogens (tertiary/aromatic N) is 5. The molecule has 1 aromatic carbocycles. The van der Waals surface area contributed by atoms with E-state index in [9.17, 15) is 13.2 Å². The molecular weight excluding hydrogens is 366 g/mol. The van der Waals surface area contributed by atoms with Gasteiger partial charge in [-0.1, -0.05) is 18.2 Å². The molecule has 0 saturated carbocycles. The van der Waals surface area contributed by atoms with Gasteiger partial charge in [-0.15, -0.1) is 0 Å². The first-order chi connectivity index (χ1) is 12.9. The number of hydrogen-bond acceptors (Lipinski definition) is 5. The number of fused-ring (bicyclic) bond motifs is 1. The summed E-state index contributed by atoms with van der Waals surface area (Å²) < 4.78 is 26.5. The molecule has 0 atom stereocenters. The Bertz CT molecular complexity index is 1090. The molecule has 3 heterocycles. The van der Waals surface area contributed by atoms with Crippen LogP contribution in [0.15, 0.2) is 48.9 Å². The number of imidazole rings is 1. The number of piperazine rings is 1. The molecule has 0 N–H and O–H groups in total. The van der Waals surface area contributed by atoms with E-state index in [0.29, 0.717) is 42.9 Å². The third kappa shape index (κ3) is 3.43. The topological polar surface area (TPSA) is 88.4 Å². The van der Waals surface area contributed by atoms with E-state index in [1.165, 1.54) is 10.6 Å². The highest BCUT2D eigenvalue weighted by atomic mass is 32.2. The van der Waals surface area contributed by atoms with Gasteiger partial charge in [0.2, 0.25) is 10.0 Å². The lowest BCUT2D eigenvalue weighted by molar-refractivity contribution is 0.0698. The molecule has 1 fully saturated rings. The van der Waals surface area contributed by atoms with Crippen molar-refractivity contribution in [2.24, 2.45) is 0 Å². The fourth-order valence-electron chi connectivity index (χ4n) is 3.20. The van der Waals surface area contributed by atoms with Crippen molar-refractivity contribution in [1.82, 2.24) is 23.7 Å². The maximum atomic E-state index is 12.8. The highest BCUT2D eigenvalue weighted by Gasteiger charge is 2.27. The van der Waals surface area contributed by atoms with E-state index in [-0.39, 0.29) is 5.91 Å². The second-order valence-electron chi connectivity index (χ2n) is 6.47. The summed E-state index contributed by atoms with van der Waals surface area (Å²) in [7, 11) is -3.22. The van der Waals surface area contributed by atoms with Crippen LogP contribution in [-0.4, -0.2) is 70.5 Å². The molecule has 2 aromatic heterocycles. The summed E-state index contributed by atoms with van der Waals surface area (Å²) in [6, 6.07) is 11.5. The number of rotatable bonds is 3. The molecule has 1 saturated heterocycles. The largest absolute Gasteiger partial charge is 0.336 e. The zero-order valence-corrected chi connectivity index (χ0v) is 15.6. The Morgan fingerprint density at radius 2 is 1.74 bits per heavy atom. The van der Waals surface area contributed by atoms with Crippen LogP contribution in [0.25, 0.3) is 16.9 Å². The monoisotopic (exact) mass is 385 g/mol. The van der Waals surface area contributed by atoms with Crippen LogP contribution in [0.3, 0.4) is 0 Å². The second kappa shape index (κ2) is 6.75. The molecular formula is C18H19N5O3S. The summed E-state index contributed by atoms with van der Waals surface area (Å²) in [6.07, 6.45) is 4.42. The molecule has 0 bridgehead atoms. The number of pyridine rings is 1. The Balaban J connectivity index is 1.56. The quantitative estimate of drug-likeness (QED) is 0.675. The van der Waals surface area contributed by atoms with E-state index < -0.39 is 10.0 Å². The van der Waals surface area contributed by atoms with E-state index >= 15 is 0 Å². The second-order valence-corrected chi connectivity index (χ2v) is 8.45. The Hall–Kier alpha value is -2.78. The number of amides is 1. The van der Waals surface area contributed by atoms with Gasteiger partial charge < -0.3 is 4.90 Å². The third-order valence-corrected chi connectivity index (χ3v) is 5.97. The zero-order valence-electron chi connectivity index (χ0n) is 14.8. The van der Waals surface area contributed by atoms with Crippen LogP contribution in [0.4, 0.5) is 0 Å². The summed E-state index contributed by atoms with van der Waals surface area (Å²) in [5, 5.41) is 0. The molecule has 1 amide bonds. The summed E-state index contributed by atoms with van der Waals surface area (Å²) in [6.45, 7) is 1.34. The minimum absolute atomic E-state index is 0.160.